The van der Waals surface area contributed by atoms with Gasteiger partial charge in [0.2, 0.25) is 0 Å². The molecule has 0 aliphatic heterocycles. The van der Waals surface area contributed by atoms with Crippen LogP contribution < -0.4 is 5.73 Å². The highest BCUT2D eigenvalue weighted by atomic mass is 19.1. The van der Waals surface area contributed by atoms with Gasteiger partial charge in [-0.25, -0.2) is 4.39 Å². The zero-order valence-electron chi connectivity index (χ0n) is 11.3. The molecule has 98 valence electrons. The second-order valence-electron chi connectivity index (χ2n) is 4.78. The highest BCUT2D eigenvalue weighted by Gasteiger charge is 2.17. The molecule has 0 aliphatic rings. The number of carbonyl (C=O) groups is 1. The van der Waals surface area contributed by atoms with Crippen LogP contribution in [0.15, 0.2) is 30.3 Å². The van der Waals surface area contributed by atoms with Gasteiger partial charge in [-0.3, -0.25) is 4.79 Å². The summed E-state index contributed by atoms with van der Waals surface area (Å²) in [6.45, 7) is 5.81. The van der Waals surface area contributed by atoms with Crippen LogP contribution in [0.5, 0.6) is 0 Å². The maximum atomic E-state index is 13.4. The van der Waals surface area contributed by atoms with Gasteiger partial charge in [0.05, 0.1) is 5.69 Å². The molecule has 0 aromatic heterocycles. The van der Waals surface area contributed by atoms with Crippen LogP contribution in [-0.2, 0) is 0 Å². The Morgan fingerprint density at radius 1 is 1.00 bits per heavy atom. The molecule has 0 unspecified atom stereocenters. The Hall–Kier alpha value is -2.16. The van der Waals surface area contributed by atoms with Crippen LogP contribution in [0.3, 0.4) is 0 Å². The number of ketones is 1. The molecule has 0 fully saturated rings. The lowest BCUT2D eigenvalue weighted by Gasteiger charge is -2.10. The van der Waals surface area contributed by atoms with E-state index in [2.05, 4.69) is 0 Å². The van der Waals surface area contributed by atoms with Gasteiger partial charge in [-0.05, 0) is 55.7 Å². The summed E-state index contributed by atoms with van der Waals surface area (Å²) in [4.78, 5) is 12.5. The Kier molecular flexibility index (Phi) is 3.38. The summed E-state index contributed by atoms with van der Waals surface area (Å²) in [6, 6.07) is 8.08. The van der Waals surface area contributed by atoms with Crippen LogP contribution in [0, 0.1) is 26.6 Å². The molecule has 0 radical (unpaired) electrons. The average molecular weight is 257 g/mol. The van der Waals surface area contributed by atoms with E-state index in [-0.39, 0.29) is 17.0 Å². The maximum Gasteiger partial charge on any atom is 0.195 e. The topological polar surface area (TPSA) is 43.1 Å². The number of benzene rings is 2. The molecule has 3 heteroatoms. The summed E-state index contributed by atoms with van der Waals surface area (Å²) >= 11 is 0. The second-order valence-corrected chi connectivity index (χ2v) is 4.78. The van der Waals surface area contributed by atoms with Gasteiger partial charge < -0.3 is 5.73 Å². The summed E-state index contributed by atoms with van der Waals surface area (Å²) in [5, 5.41) is 0. The van der Waals surface area contributed by atoms with E-state index >= 15 is 0 Å². The van der Waals surface area contributed by atoms with E-state index in [1.807, 2.05) is 32.9 Å². The average Bonchev–Trinajstić information content (AvgIpc) is 2.36. The summed E-state index contributed by atoms with van der Waals surface area (Å²) in [5.74, 6) is -0.801. The van der Waals surface area contributed by atoms with E-state index in [0.29, 0.717) is 5.56 Å². The molecule has 0 aliphatic carbocycles. The SMILES string of the molecule is Cc1cc(C)c(C(=O)c2cccc(F)c2N)cc1C. The highest BCUT2D eigenvalue weighted by Crippen LogP contribution is 2.23. The van der Waals surface area contributed by atoms with Crippen molar-refractivity contribution in [1.29, 1.82) is 0 Å². The standard InChI is InChI=1S/C16H16FNO/c1-9-7-11(3)13(8-10(9)2)16(19)12-5-4-6-14(17)15(12)18/h4-8H,18H2,1-3H3. The van der Waals surface area contributed by atoms with E-state index in [0.717, 1.165) is 16.7 Å². The van der Waals surface area contributed by atoms with Crippen LogP contribution in [0.2, 0.25) is 0 Å². The number of hydrogen-bond donors (Lipinski definition) is 1. The van der Waals surface area contributed by atoms with Gasteiger partial charge in [0.1, 0.15) is 5.82 Å². The van der Waals surface area contributed by atoms with Crippen LogP contribution in [0.1, 0.15) is 32.6 Å². The lowest BCUT2D eigenvalue weighted by atomic mass is 9.94. The van der Waals surface area contributed by atoms with Crippen molar-refractivity contribution in [2.75, 3.05) is 5.73 Å². The fourth-order valence-electron chi connectivity index (χ4n) is 2.09. The number of para-hydroxylation sites is 1. The quantitative estimate of drug-likeness (QED) is 0.660. The van der Waals surface area contributed by atoms with Crippen LogP contribution in [0.4, 0.5) is 10.1 Å². The summed E-state index contributed by atoms with van der Waals surface area (Å²) < 4.78 is 13.4. The third-order valence-corrected chi connectivity index (χ3v) is 3.38. The fourth-order valence-corrected chi connectivity index (χ4v) is 2.09. The Bertz CT molecular complexity index is 662. The molecule has 0 atom stereocenters. The molecule has 19 heavy (non-hydrogen) atoms. The summed E-state index contributed by atoms with van der Waals surface area (Å²) in [5.41, 5.74) is 9.36. The number of nitrogen functional groups attached to an aromatic ring is 1. The normalized spacial score (nSPS) is 10.5. The number of nitrogens with two attached hydrogens (primary N) is 1. The Balaban J connectivity index is 2.56. The fraction of sp³-hybridized carbons (Fsp3) is 0.188. The van der Waals surface area contributed by atoms with Gasteiger partial charge in [0, 0.05) is 11.1 Å². The Labute approximate surface area is 112 Å². The first-order valence-electron chi connectivity index (χ1n) is 6.08. The molecule has 0 spiro atoms. The number of rotatable bonds is 2. The number of halogens is 1. The first-order chi connectivity index (χ1) is 8.91. The van der Waals surface area contributed by atoms with Gasteiger partial charge in [-0.1, -0.05) is 12.1 Å². The van der Waals surface area contributed by atoms with Gasteiger partial charge >= 0.3 is 0 Å². The van der Waals surface area contributed by atoms with Crippen molar-refractivity contribution in [3.05, 3.63) is 64.0 Å². The van der Waals surface area contributed by atoms with Crippen molar-refractivity contribution in [3.63, 3.8) is 0 Å². The molecule has 0 saturated carbocycles. The van der Waals surface area contributed by atoms with Crippen LogP contribution in [0.25, 0.3) is 0 Å². The highest BCUT2D eigenvalue weighted by molar-refractivity contribution is 6.13. The van der Waals surface area contributed by atoms with E-state index in [1.165, 1.54) is 12.1 Å². The lowest BCUT2D eigenvalue weighted by molar-refractivity contribution is 0.103. The molecule has 0 heterocycles. The van der Waals surface area contributed by atoms with Gasteiger partial charge in [-0.15, -0.1) is 0 Å². The third kappa shape index (κ3) is 2.36. The van der Waals surface area contributed by atoms with E-state index in [9.17, 15) is 9.18 Å². The van der Waals surface area contributed by atoms with Gasteiger partial charge in [0.25, 0.3) is 0 Å². The second kappa shape index (κ2) is 4.84. The first kappa shape index (κ1) is 13.3. The largest absolute Gasteiger partial charge is 0.396 e. The Morgan fingerprint density at radius 2 is 1.63 bits per heavy atom. The predicted molar refractivity (Wildman–Crippen MR) is 74.9 cm³/mol. The Morgan fingerprint density at radius 3 is 2.32 bits per heavy atom. The zero-order valence-corrected chi connectivity index (χ0v) is 11.3. The van der Waals surface area contributed by atoms with Gasteiger partial charge in [-0.2, -0.15) is 0 Å². The van der Waals surface area contributed by atoms with Crippen LogP contribution in [-0.4, -0.2) is 5.78 Å². The van der Waals surface area contributed by atoms with E-state index in [1.54, 1.807) is 6.07 Å². The molecule has 0 amide bonds. The minimum absolute atomic E-state index is 0.0925. The molecule has 2 aromatic rings. The minimum Gasteiger partial charge on any atom is -0.396 e. The van der Waals surface area contributed by atoms with Crippen molar-refractivity contribution in [3.8, 4) is 0 Å². The molecule has 2 aromatic carbocycles. The molecular weight excluding hydrogens is 241 g/mol. The van der Waals surface area contributed by atoms with Crippen molar-refractivity contribution < 1.29 is 9.18 Å². The van der Waals surface area contributed by atoms with Crippen LogP contribution >= 0.6 is 0 Å². The lowest BCUT2D eigenvalue weighted by Crippen LogP contribution is -2.09. The molecule has 0 bridgehead atoms. The molecule has 2 rings (SSSR count). The maximum absolute atomic E-state index is 13.4. The predicted octanol–water partition coefficient (Wildman–Crippen LogP) is 3.56. The third-order valence-electron chi connectivity index (χ3n) is 3.38. The molecular formula is C16H16FNO. The molecule has 2 nitrogen and oxygen atoms in total. The number of hydrogen-bond acceptors (Lipinski definition) is 2. The number of aryl methyl sites for hydroxylation is 3. The van der Waals surface area contributed by atoms with Crippen molar-refractivity contribution in [1.82, 2.24) is 0 Å². The van der Waals surface area contributed by atoms with Crippen molar-refractivity contribution in [2.45, 2.75) is 20.8 Å². The number of carbonyl (C=O) groups excluding carboxylic acids is 1. The van der Waals surface area contributed by atoms with Crippen molar-refractivity contribution >= 4 is 11.5 Å². The summed E-state index contributed by atoms with van der Waals surface area (Å²) in [7, 11) is 0. The minimum atomic E-state index is -0.563. The summed E-state index contributed by atoms with van der Waals surface area (Å²) in [6.07, 6.45) is 0. The zero-order chi connectivity index (χ0) is 14.2. The first-order valence-corrected chi connectivity index (χ1v) is 6.08. The van der Waals surface area contributed by atoms with Crippen molar-refractivity contribution in [2.24, 2.45) is 0 Å². The van der Waals surface area contributed by atoms with E-state index < -0.39 is 5.82 Å². The van der Waals surface area contributed by atoms with E-state index in [4.69, 9.17) is 5.73 Å². The molecule has 2 N–H and O–H groups in total. The van der Waals surface area contributed by atoms with Gasteiger partial charge in [0.15, 0.2) is 5.78 Å². The molecule has 0 saturated heterocycles. The smallest absolute Gasteiger partial charge is 0.195 e. The monoisotopic (exact) mass is 257 g/mol. The number of anilines is 1.